The molecule has 0 saturated carbocycles. The smallest absolute Gasteiger partial charge is 0.321 e. The SMILES string of the molecule is CC[C@H](C)NC(=O)NC(=O)C[NH+]1CCC(C(=O)Nc2ccc3c(c2)OCO3)CC1. The van der Waals surface area contributed by atoms with Crippen molar-refractivity contribution < 1.29 is 28.8 Å². The number of likely N-dealkylation sites (tertiary alicyclic amines) is 1. The Morgan fingerprint density at radius 2 is 1.90 bits per heavy atom. The van der Waals surface area contributed by atoms with Crippen molar-refractivity contribution in [2.75, 3.05) is 31.7 Å². The molecule has 0 unspecified atom stereocenters. The van der Waals surface area contributed by atoms with Crippen molar-refractivity contribution in [2.24, 2.45) is 5.92 Å². The highest BCUT2D eigenvalue weighted by Crippen LogP contribution is 2.34. The first kappa shape index (κ1) is 20.9. The quantitative estimate of drug-likeness (QED) is 0.543. The second-order valence-corrected chi connectivity index (χ2v) is 7.59. The van der Waals surface area contributed by atoms with E-state index < -0.39 is 6.03 Å². The van der Waals surface area contributed by atoms with Gasteiger partial charge in [0.15, 0.2) is 18.0 Å². The number of rotatable bonds is 6. The normalized spacial score (nSPS) is 21.2. The van der Waals surface area contributed by atoms with E-state index in [0.717, 1.165) is 11.3 Å². The third-order valence-electron chi connectivity index (χ3n) is 5.36. The van der Waals surface area contributed by atoms with E-state index in [1.165, 1.54) is 0 Å². The molecule has 2 aliphatic heterocycles. The largest absolute Gasteiger partial charge is 0.454 e. The van der Waals surface area contributed by atoms with E-state index in [2.05, 4.69) is 16.0 Å². The van der Waals surface area contributed by atoms with Crippen LogP contribution in [0.15, 0.2) is 18.2 Å². The Hall–Kier alpha value is -2.81. The molecule has 9 nitrogen and oxygen atoms in total. The minimum absolute atomic E-state index is 0.0224. The van der Waals surface area contributed by atoms with Crippen molar-refractivity contribution in [3.63, 3.8) is 0 Å². The number of carbonyl (C=O) groups is 3. The average Bonchev–Trinajstić information content (AvgIpc) is 3.16. The van der Waals surface area contributed by atoms with Gasteiger partial charge in [0.2, 0.25) is 12.7 Å². The molecule has 1 atom stereocenters. The number of ether oxygens (including phenoxy) is 2. The van der Waals surface area contributed by atoms with Gasteiger partial charge in [0, 0.05) is 36.6 Å². The molecule has 0 spiro atoms. The molecule has 2 heterocycles. The van der Waals surface area contributed by atoms with E-state index in [0.29, 0.717) is 43.1 Å². The Labute approximate surface area is 170 Å². The van der Waals surface area contributed by atoms with Crippen LogP contribution in [-0.2, 0) is 9.59 Å². The first-order chi connectivity index (χ1) is 13.9. The third kappa shape index (κ3) is 5.83. The predicted octanol–water partition coefficient (Wildman–Crippen LogP) is 0.273. The van der Waals surface area contributed by atoms with E-state index in [9.17, 15) is 14.4 Å². The molecule has 158 valence electrons. The zero-order valence-corrected chi connectivity index (χ0v) is 16.9. The maximum Gasteiger partial charge on any atom is 0.321 e. The molecule has 1 aromatic carbocycles. The molecule has 1 fully saturated rings. The fraction of sp³-hybridized carbons (Fsp3) is 0.550. The number of fused-ring (bicyclic) bond motifs is 1. The lowest BCUT2D eigenvalue weighted by Crippen LogP contribution is -3.14. The molecule has 0 radical (unpaired) electrons. The topological polar surface area (TPSA) is 110 Å². The number of benzene rings is 1. The summed E-state index contributed by atoms with van der Waals surface area (Å²) in [6, 6.07) is 4.90. The molecule has 1 saturated heterocycles. The zero-order valence-electron chi connectivity index (χ0n) is 16.9. The Morgan fingerprint density at radius 1 is 1.17 bits per heavy atom. The molecular weight excluding hydrogens is 376 g/mol. The summed E-state index contributed by atoms with van der Waals surface area (Å²) in [6.07, 6.45) is 2.19. The van der Waals surface area contributed by atoms with Crippen LogP contribution >= 0.6 is 0 Å². The highest BCUT2D eigenvalue weighted by atomic mass is 16.7. The maximum atomic E-state index is 12.5. The predicted molar refractivity (Wildman–Crippen MR) is 106 cm³/mol. The summed E-state index contributed by atoms with van der Waals surface area (Å²) in [5.41, 5.74) is 0.681. The van der Waals surface area contributed by atoms with Crippen molar-refractivity contribution in [1.82, 2.24) is 10.6 Å². The number of piperidine rings is 1. The number of carbonyl (C=O) groups excluding carboxylic acids is 3. The molecule has 4 N–H and O–H groups in total. The van der Waals surface area contributed by atoms with Crippen molar-refractivity contribution >= 4 is 23.5 Å². The number of quaternary nitrogens is 1. The monoisotopic (exact) mass is 405 g/mol. The maximum absolute atomic E-state index is 12.5. The van der Waals surface area contributed by atoms with Gasteiger partial charge in [-0.05, 0) is 25.5 Å². The minimum atomic E-state index is -0.457. The molecule has 2 aliphatic rings. The summed E-state index contributed by atoms with van der Waals surface area (Å²) >= 11 is 0. The number of anilines is 1. The van der Waals surface area contributed by atoms with Gasteiger partial charge in [0.1, 0.15) is 0 Å². The lowest BCUT2D eigenvalue weighted by Gasteiger charge is -2.28. The van der Waals surface area contributed by atoms with Crippen LogP contribution in [0.2, 0.25) is 0 Å². The van der Waals surface area contributed by atoms with Crippen LogP contribution in [0.3, 0.4) is 0 Å². The van der Waals surface area contributed by atoms with Gasteiger partial charge in [-0.2, -0.15) is 0 Å². The van der Waals surface area contributed by atoms with Gasteiger partial charge in [0.25, 0.3) is 5.91 Å². The van der Waals surface area contributed by atoms with Crippen LogP contribution in [0, 0.1) is 5.92 Å². The van der Waals surface area contributed by atoms with E-state index in [-0.39, 0.29) is 37.1 Å². The van der Waals surface area contributed by atoms with E-state index >= 15 is 0 Å². The first-order valence-electron chi connectivity index (χ1n) is 10.1. The zero-order chi connectivity index (χ0) is 20.8. The van der Waals surface area contributed by atoms with Crippen LogP contribution in [0.4, 0.5) is 10.5 Å². The number of imide groups is 1. The fourth-order valence-corrected chi connectivity index (χ4v) is 3.44. The van der Waals surface area contributed by atoms with Crippen LogP contribution < -0.4 is 30.3 Å². The van der Waals surface area contributed by atoms with Crippen molar-refractivity contribution in [2.45, 2.75) is 39.2 Å². The van der Waals surface area contributed by atoms with Crippen molar-refractivity contribution in [3.8, 4) is 11.5 Å². The van der Waals surface area contributed by atoms with Crippen LogP contribution in [0.25, 0.3) is 0 Å². The Morgan fingerprint density at radius 3 is 2.62 bits per heavy atom. The standard InChI is InChI=1S/C20H28N4O5/c1-3-13(2)21-20(27)23-18(25)11-24-8-6-14(7-9-24)19(26)22-15-4-5-16-17(10-15)29-12-28-16/h4-5,10,13-14H,3,6-9,11-12H2,1-2H3,(H,22,26)(H2,21,23,25,27)/p+1/t13-/m0/s1. The van der Waals surface area contributed by atoms with Crippen LogP contribution in [-0.4, -0.2) is 50.3 Å². The minimum Gasteiger partial charge on any atom is -0.454 e. The highest BCUT2D eigenvalue weighted by Gasteiger charge is 2.29. The molecule has 29 heavy (non-hydrogen) atoms. The van der Waals surface area contributed by atoms with Gasteiger partial charge >= 0.3 is 6.03 Å². The van der Waals surface area contributed by atoms with Gasteiger partial charge in [-0.3, -0.25) is 14.9 Å². The van der Waals surface area contributed by atoms with Gasteiger partial charge in [-0.15, -0.1) is 0 Å². The summed E-state index contributed by atoms with van der Waals surface area (Å²) in [5.74, 6) is 0.881. The molecule has 3 rings (SSSR count). The summed E-state index contributed by atoms with van der Waals surface area (Å²) in [7, 11) is 0. The number of hydrogen-bond acceptors (Lipinski definition) is 5. The van der Waals surface area contributed by atoms with E-state index in [1.54, 1.807) is 18.2 Å². The van der Waals surface area contributed by atoms with Gasteiger partial charge in [-0.25, -0.2) is 4.79 Å². The van der Waals surface area contributed by atoms with Crippen molar-refractivity contribution in [3.05, 3.63) is 18.2 Å². The number of urea groups is 1. The summed E-state index contributed by atoms with van der Waals surface area (Å²) in [4.78, 5) is 37.4. The molecular formula is C20H29N4O5+. The summed E-state index contributed by atoms with van der Waals surface area (Å²) in [5, 5.41) is 8.01. The second-order valence-electron chi connectivity index (χ2n) is 7.59. The Bertz CT molecular complexity index is 761. The van der Waals surface area contributed by atoms with Gasteiger partial charge in [0.05, 0.1) is 13.1 Å². The van der Waals surface area contributed by atoms with E-state index in [1.807, 2.05) is 13.8 Å². The molecule has 0 aliphatic carbocycles. The summed E-state index contributed by atoms with van der Waals surface area (Å²) in [6.45, 7) is 5.68. The van der Waals surface area contributed by atoms with Crippen molar-refractivity contribution in [1.29, 1.82) is 0 Å². The third-order valence-corrected chi connectivity index (χ3v) is 5.36. The molecule has 4 amide bonds. The number of nitrogens with one attached hydrogen (secondary N) is 4. The highest BCUT2D eigenvalue weighted by molar-refractivity contribution is 5.95. The van der Waals surface area contributed by atoms with Crippen LogP contribution in [0.5, 0.6) is 11.5 Å². The number of amides is 4. The summed E-state index contributed by atoms with van der Waals surface area (Å²) < 4.78 is 10.6. The van der Waals surface area contributed by atoms with E-state index in [4.69, 9.17) is 9.47 Å². The molecule has 9 heteroatoms. The van der Waals surface area contributed by atoms with Gasteiger partial charge < -0.3 is 25.0 Å². The second kappa shape index (κ2) is 9.60. The molecule has 0 aromatic heterocycles. The Balaban J connectivity index is 1.40. The molecule has 1 aromatic rings. The fourth-order valence-electron chi connectivity index (χ4n) is 3.44. The number of hydrogen-bond donors (Lipinski definition) is 4. The van der Waals surface area contributed by atoms with Gasteiger partial charge in [-0.1, -0.05) is 6.92 Å². The Kier molecular flexibility index (Phi) is 6.92. The molecule has 0 bridgehead atoms. The first-order valence-corrected chi connectivity index (χ1v) is 10.1. The lowest BCUT2D eigenvalue weighted by molar-refractivity contribution is -0.897. The average molecular weight is 405 g/mol. The lowest BCUT2D eigenvalue weighted by atomic mass is 9.96. The van der Waals surface area contributed by atoms with Crippen LogP contribution in [0.1, 0.15) is 33.1 Å².